The molecule has 0 heterocycles. The number of rotatable bonds is 13. The number of benzene rings is 3. The summed E-state index contributed by atoms with van der Waals surface area (Å²) in [5.41, 5.74) is 3.50. The van der Waals surface area contributed by atoms with Gasteiger partial charge in [0.25, 0.3) is 5.91 Å². The third-order valence-electron chi connectivity index (χ3n) is 7.32. The number of aryl methyl sites for hydroxylation is 2. The van der Waals surface area contributed by atoms with E-state index in [0.717, 1.165) is 29.5 Å². The van der Waals surface area contributed by atoms with E-state index < -0.39 is 23.8 Å². The molecule has 3 amide bonds. The number of hydrogen-bond acceptors (Lipinski definition) is 5. The number of anilines is 1. The second kappa shape index (κ2) is 15.9. The van der Waals surface area contributed by atoms with Crippen molar-refractivity contribution in [3.05, 3.63) is 95.1 Å². The Balaban J connectivity index is 2.07. The predicted molar refractivity (Wildman–Crippen MR) is 175 cm³/mol. The molecule has 8 nitrogen and oxygen atoms in total. The van der Waals surface area contributed by atoms with E-state index in [1.54, 1.807) is 57.0 Å². The molecule has 3 rings (SSSR count). The number of nitrogens with zero attached hydrogens (tertiary/aromatic N) is 1. The van der Waals surface area contributed by atoms with Gasteiger partial charge in [-0.2, -0.15) is 0 Å². The fraction of sp³-hybridized carbons (Fsp3) is 0.417. The van der Waals surface area contributed by atoms with Crippen molar-refractivity contribution in [1.82, 2.24) is 10.2 Å². The van der Waals surface area contributed by atoms with Crippen LogP contribution in [-0.2, 0) is 20.7 Å². The molecule has 0 aliphatic rings. The fourth-order valence-electron chi connectivity index (χ4n) is 4.89. The van der Waals surface area contributed by atoms with Crippen molar-refractivity contribution >= 4 is 23.6 Å². The van der Waals surface area contributed by atoms with Crippen LogP contribution in [0.2, 0.25) is 0 Å². The van der Waals surface area contributed by atoms with E-state index in [4.69, 9.17) is 9.47 Å². The number of methoxy groups -OCH3 is 1. The van der Waals surface area contributed by atoms with Crippen molar-refractivity contribution in [3.8, 4) is 5.75 Å². The summed E-state index contributed by atoms with van der Waals surface area (Å²) < 4.78 is 10.8. The smallest absolute Gasteiger partial charge is 0.408 e. The average Bonchev–Trinajstić information content (AvgIpc) is 2.97. The van der Waals surface area contributed by atoms with Crippen molar-refractivity contribution in [2.24, 2.45) is 0 Å². The van der Waals surface area contributed by atoms with Gasteiger partial charge in [-0.05, 0) is 87.6 Å². The molecule has 0 fully saturated rings. The second-order valence-electron chi connectivity index (χ2n) is 12.1. The summed E-state index contributed by atoms with van der Waals surface area (Å²) in [6.45, 7) is 11.7. The van der Waals surface area contributed by atoms with E-state index in [-0.39, 0.29) is 18.2 Å². The van der Waals surface area contributed by atoms with Crippen molar-refractivity contribution < 1.29 is 23.9 Å². The molecule has 2 unspecified atom stereocenters. The molecule has 0 spiro atoms. The molecule has 0 bridgehead atoms. The molecule has 0 saturated heterocycles. The number of carbonyl (C=O) groups excluding carboxylic acids is 3. The molecular weight excluding hydrogens is 554 g/mol. The number of nitrogens with one attached hydrogen (secondary N) is 2. The average molecular weight is 602 g/mol. The fourth-order valence-corrected chi connectivity index (χ4v) is 4.89. The Morgan fingerprint density at radius 3 is 2.16 bits per heavy atom. The summed E-state index contributed by atoms with van der Waals surface area (Å²) in [6.07, 6.45) is 2.07. The third kappa shape index (κ3) is 10.1. The van der Waals surface area contributed by atoms with Gasteiger partial charge in [-0.25, -0.2) is 4.79 Å². The molecule has 3 aromatic rings. The van der Waals surface area contributed by atoms with Crippen molar-refractivity contribution in [3.63, 3.8) is 0 Å². The Hall–Kier alpha value is -4.33. The zero-order valence-electron chi connectivity index (χ0n) is 27.1. The van der Waals surface area contributed by atoms with Gasteiger partial charge in [0.1, 0.15) is 23.4 Å². The highest BCUT2D eigenvalue weighted by Crippen LogP contribution is 2.28. The van der Waals surface area contributed by atoms with Crippen LogP contribution in [0.1, 0.15) is 75.3 Å². The standard InChI is InChI=1S/C36H47N3O5/c1-8-9-13-22-39(34(41)31(24-27-14-11-10-12-15-27)38-35(42)44-36(4,5)6)32(28-17-16-25(2)26(3)23-28)33(40)37-29-18-20-30(43-7)21-19-29/h10-12,14-21,23,31-32H,8-9,13,22,24H2,1-7H3,(H,37,40)(H,38,42). The van der Waals surface area contributed by atoms with Gasteiger partial charge in [-0.3, -0.25) is 9.59 Å². The van der Waals surface area contributed by atoms with Crippen LogP contribution in [0.4, 0.5) is 10.5 Å². The van der Waals surface area contributed by atoms with E-state index in [9.17, 15) is 14.4 Å². The first-order valence-electron chi connectivity index (χ1n) is 15.3. The number of alkyl carbamates (subject to hydrolysis) is 1. The van der Waals surface area contributed by atoms with E-state index in [1.165, 1.54) is 0 Å². The zero-order chi connectivity index (χ0) is 32.3. The molecule has 0 aliphatic carbocycles. The Bertz CT molecular complexity index is 1380. The van der Waals surface area contributed by atoms with Crippen molar-refractivity contribution in [2.75, 3.05) is 19.0 Å². The highest BCUT2D eigenvalue weighted by molar-refractivity contribution is 5.99. The molecule has 0 saturated carbocycles. The summed E-state index contributed by atoms with van der Waals surface area (Å²) in [5.74, 6) is -0.0371. The van der Waals surface area contributed by atoms with Crippen LogP contribution < -0.4 is 15.4 Å². The van der Waals surface area contributed by atoms with E-state index in [0.29, 0.717) is 30.0 Å². The Labute approximate surface area is 262 Å². The Morgan fingerprint density at radius 1 is 0.886 bits per heavy atom. The minimum absolute atomic E-state index is 0.239. The highest BCUT2D eigenvalue weighted by Gasteiger charge is 2.36. The first-order chi connectivity index (χ1) is 20.9. The molecule has 8 heteroatoms. The van der Waals surface area contributed by atoms with E-state index in [1.807, 2.05) is 62.4 Å². The minimum Gasteiger partial charge on any atom is -0.497 e. The maximum atomic E-state index is 14.6. The van der Waals surface area contributed by atoms with Gasteiger partial charge in [0.2, 0.25) is 5.91 Å². The Morgan fingerprint density at radius 2 is 1.57 bits per heavy atom. The quantitative estimate of drug-likeness (QED) is 0.203. The molecule has 3 aromatic carbocycles. The van der Waals surface area contributed by atoms with Gasteiger partial charge in [0.05, 0.1) is 7.11 Å². The number of ether oxygens (including phenoxy) is 2. The minimum atomic E-state index is -0.961. The van der Waals surface area contributed by atoms with Gasteiger partial charge >= 0.3 is 6.09 Å². The molecule has 2 N–H and O–H groups in total. The summed E-state index contributed by atoms with van der Waals surface area (Å²) >= 11 is 0. The van der Waals surface area contributed by atoms with E-state index >= 15 is 0 Å². The number of amides is 3. The van der Waals surface area contributed by atoms with Crippen LogP contribution >= 0.6 is 0 Å². The molecule has 2 atom stereocenters. The van der Waals surface area contributed by atoms with Gasteiger partial charge in [0.15, 0.2) is 0 Å². The summed E-state index contributed by atoms with van der Waals surface area (Å²) in [4.78, 5) is 43.4. The SMILES string of the molecule is CCCCCN(C(=O)C(Cc1ccccc1)NC(=O)OC(C)(C)C)C(C(=O)Nc1ccc(OC)cc1)c1ccc(C)c(C)c1. The van der Waals surface area contributed by atoms with Crippen LogP contribution in [-0.4, -0.2) is 48.1 Å². The lowest BCUT2D eigenvalue weighted by Crippen LogP contribution is -2.53. The van der Waals surface area contributed by atoms with Crippen LogP contribution in [0.3, 0.4) is 0 Å². The maximum Gasteiger partial charge on any atom is 0.408 e. The molecule has 0 aliphatic heterocycles. The van der Waals surface area contributed by atoms with Crippen LogP contribution in [0, 0.1) is 13.8 Å². The highest BCUT2D eigenvalue weighted by atomic mass is 16.6. The summed E-state index contributed by atoms with van der Waals surface area (Å²) in [6, 6.07) is 20.5. The Kier molecular flexibility index (Phi) is 12.4. The largest absolute Gasteiger partial charge is 0.497 e. The van der Waals surface area contributed by atoms with Crippen LogP contribution in [0.25, 0.3) is 0 Å². The molecule has 236 valence electrons. The lowest BCUT2D eigenvalue weighted by molar-refractivity contribution is -0.140. The van der Waals surface area contributed by atoms with Crippen molar-refractivity contribution in [1.29, 1.82) is 0 Å². The summed E-state index contributed by atoms with van der Waals surface area (Å²) in [5, 5.41) is 5.83. The van der Waals surface area contributed by atoms with E-state index in [2.05, 4.69) is 17.6 Å². The maximum absolute atomic E-state index is 14.6. The first kappa shape index (κ1) is 34.2. The second-order valence-corrected chi connectivity index (χ2v) is 12.1. The third-order valence-corrected chi connectivity index (χ3v) is 7.32. The lowest BCUT2D eigenvalue weighted by Gasteiger charge is -2.35. The normalized spacial score (nSPS) is 12.5. The van der Waals surface area contributed by atoms with Gasteiger partial charge in [-0.1, -0.05) is 68.3 Å². The predicted octanol–water partition coefficient (Wildman–Crippen LogP) is 7.15. The zero-order valence-corrected chi connectivity index (χ0v) is 27.1. The summed E-state index contributed by atoms with van der Waals surface area (Å²) in [7, 11) is 1.58. The number of unbranched alkanes of at least 4 members (excludes halogenated alkanes) is 2. The topological polar surface area (TPSA) is 97.0 Å². The monoisotopic (exact) mass is 601 g/mol. The van der Waals surface area contributed by atoms with Gasteiger partial charge in [0, 0.05) is 18.7 Å². The van der Waals surface area contributed by atoms with Crippen LogP contribution in [0.15, 0.2) is 72.8 Å². The molecule has 0 radical (unpaired) electrons. The lowest BCUT2D eigenvalue weighted by atomic mass is 9.97. The number of carbonyl (C=O) groups is 3. The molecule has 0 aromatic heterocycles. The van der Waals surface area contributed by atoms with Gasteiger partial charge in [-0.15, -0.1) is 0 Å². The van der Waals surface area contributed by atoms with Crippen molar-refractivity contribution in [2.45, 2.75) is 84.9 Å². The van der Waals surface area contributed by atoms with Gasteiger partial charge < -0.3 is 25.0 Å². The van der Waals surface area contributed by atoms with Crippen LogP contribution in [0.5, 0.6) is 5.75 Å². The molecular formula is C36H47N3O5. The molecule has 44 heavy (non-hydrogen) atoms. The number of hydrogen-bond donors (Lipinski definition) is 2. The first-order valence-corrected chi connectivity index (χ1v) is 15.3.